The maximum absolute atomic E-state index is 12.9. The molecule has 1 atom stereocenters. The summed E-state index contributed by atoms with van der Waals surface area (Å²) in [4.78, 5) is 11.5. The molecule has 1 aromatic carbocycles. The van der Waals surface area contributed by atoms with E-state index in [-0.39, 0.29) is 11.1 Å². The van der Waals surface area contributed by atoms with Gasteiger partial charge in [0, 0.05) is 5.02 Å². The van der Waals surface area contributed by atoms with Crippen molar-refractivity contribution in [3.63, 3.8) is 0 Å². The van der Waals surface area contributed by atoms with Crippen LogP contribution in [0.1, 0.15) is 6.92 Å². The lowest BCUT2D eigenvalue weighted by Crippen LogP contribution is -2.49. The Morgan fingerprint density at radius 1 is 1.47 bits per heavy atom. The summed E-state index contributed by atoms with van der Waals surface area (Å²) in [5.41, 5.74) is -2.16. The van der Waals surface area contributed by atoms with E-state index in [1.165, 1.54) is 24.3 Å². The van der Waals surface area contributed by atoms with Crippen molar-refractivity contribution in [1.82, 2.24) is 0 Å². The number of ether oxygens (including phenoxy) is 1. The highest BCUT2D eigenvalue weighted by Crippen LogP contribution is 2.27. The molecule has 0 amide bonds. The standard InChI is InChI=1S/C11H10BrClF2O2/c1-11(10(14)15,9(16)6-12)17-8-4-2-7(13)3-5-8/h2-5,10H,6H2,1H3. The van der Waals surface area contributed by atoms with Gasteiger partial charge < -0.3 is 4.74 Å². The summed E-state index contributed by atoms with van der Waals surface area (Å²) in [6, 6.07) is 5.87. The second-order valence-electron chi connectivity index (χ2n) is 3.52. The number of hydrogen-bond acceptors (Lipinski definition) is 2. The fourth-order valence-electron chi connectivity index (χ4n) is 1.10. The van der Waals surface area contributed by atoms with Crippen LogP contribution in [0, 0.1) is 0 Å². The Morgan fingerprint density at radius 2 is 2.00 bits per heavy atom. The van der Waals surface area contributed by atoms with Crippen LogP contribution in [0.25, 0.3) is 0 Å². The smallest absolute Gasteiger partial charge is 0.284 e. The number of halogens is 4. The lowest BCUT2D eigenvalue weighted by atomic mass is 10.0. The van der Waals surface area contributed by atoms with E-state index in [1.807, 2.05) is 0 Å². The number of Topliss-reactive ketones (excluding diaryl/α,β-unsaturated/α-hetero) is 1. The van der Waals surface area contributed by atoms with E-state index < -0.39 is 17.8 Å². The van der Waals surface area contributed by atoms with Gasteiger partial charge in [0.2, 0.25) is 5.60 Å². The molecule has 0 saturated carbocycles. The van der Waals surface area contributed by atoms with Crippen molar-refractivity contribution >= 4 is 33.3 Å². The van der Waals surface area contributed by atoms with Crippen LogP contribution in [-0.4, -0.2) is 23.1 Å². The minimum absolute atomic E-state index is 0.173. The van der Waals surface area contributed by atoms with Gasteiger partial charge in [-0.2, -0.15) is 0 Å². The first-order valence-corrected chi connectivity index (χ1v) is 6.22. The Balaban J connectivity index is 2.95. The first-order chi connectivity index (χ1) is 7.90. The average Bonchev–Trinajstić information content (AvgIpc) is 2.30. The van der Waals surface area contributed by atoms with Crippen molar-refractivity contribution in [2.75, 3.05) is 5.33 Å². The molecule has 1 unspecified atom stereocenters. The molecular formula is C11H10BrClF2O2. The maximum Gasteiger partial charge on any atom is 0.284 e. The summed E-state index contributed by atoms with van der Waals surface area (Å²) >= 11 is 8.52. The van der Waals surface area contributed by atoms with Gasteiger partial charge in [-0.05, 0) is 31.2 Å². The third-order valence-electron chi connectivity index (χ3n) is 2.23. The predicted molar refractivity (Wildman–Crippen MR) is 65.3 cm³/mol. The zero-order chi connectivity index (χ0) is 13.1. The second kappa shape index (κ2) is 5.78. The molecular weight excluding hydrogens is 317 g/mol. The molecule has 0 N–H and O–H groups in total. The highest BCUT2D eigenvalue weighted by Gasteiger charge is 2.44. The molecule has 0 fully saturated rings. The van der Waals surface area contributed by atoms with Crippen LogP contribution in [-0.2, 0) is 4.79 Å². The van der Waals surface area contributed by atoms with Crippen LogP contribution < -0.4 is 4.74 Å². The monoisotopic (exact) mass is 326 g/mol. The fraction of sp³-hybridized carbons (Fsp3) is 0.364. The molecule has 2 nitrogen and oxygen atoms in total. The van der Waals surface area contributed by atoms with Gasteiger partial charge in [0.05, 0.1) is 5.33 Å². The first-order valence-electron chi connectivity index (χ1n) is 4.72. The van der Waals surface area contributed by atoms with E-state index in [0.717, 1.165) is 6.92 Å². The van der Waals surface area contributed by atoms with Gasteiger partial charge in [-0.25, -0.2) is 8.78 Å². The molecule has 0 spiro atoms. The van der Waals surface area contributed by atoms with Crippen molar-refractivity contribution in [2.45, 2.75) is 19.0 Å². The third kappa shape index (κ3) is 3.39. The Bertz CT molecular complexity index is 397. The molecule has 0 bridgehead atoms. The molecule has 6 heteroatoms. The topological polar surface area (TPSA) is 26.3 Å². The quantitative estimate of drug-likeness (QED) is 0.771. The van der Waals surface area contributed by atoms with Gasteiger partial charge in [-0.3, -0.25) is 4.79 Å². The molecule has 0 radical (unpaired) electrons. The van der Waals surface area contributed by atoms with E-state index in [4.69, 9.17) is 16.3 Å². The van der Waals surface area contributed by atoms with Gasteiger partial charge in [0.25, 0.3) is 6.43 Å². The van der Waals surface area contributed by atoms with Gasteiger partial charge in [0.1, 0.15) is 5.75 Å². The SMILES string of the molecule is CC(Oc1ccc(Cl)cc1)(C(=O)CBr)C(F)F. The van der Waals surface area contributed by atoms with E-state index in [0.29, 0.717) is 5.02 Å². The summed E-state index contributed by atoms with van der Waals surface area (Å²) in [6.45, 7) is 1.07. The zero-order valence-corrected chi connectivity index (χ0v) is 11.3. The molecule has 0 aliphatic carbocycles. The second-order valence-corrected chi connectivity index (χ2v) is 4.52. The Hall–Kier alpha value is -0.680. The zero-order valence-electron chi connectivity index (χ0n) is 8.92. The van der Waals surface area contributed by atoms with Crippen LogP contribution in [0.5, 0.6) is 5.75 Å². The van der Waals surface area contributed by atoms with Gasteiger partial charge in [0.15, 0.2) is 5.78 Å². The molecule has 1 rings (SSSR count). The molecule has 0 saturated heterocycles. The van der Waals surface area contributed by atoms with Crippen LogP contribution in [0.4, 0.5) is 8.78 Å². The average molecular weight is 328 g/mol. The van der Waals surface area contributed by atoms with Crippen LogP contribution in [0.3, 0.4) is 0 Å². The third-order valence-corrected chi connectivity index (χ3v) is 3.00. The number of ketones is 1. The summed E-state index contributed by atoms with van der Waals surface area (Å²) < 4.78 is 30.9. The van der Waals surface area contributed by atoms with E-state index >= 15 is 0 Å². The number of rotatable bonds is 5. The number of carbonyl (C=O) groups excluding carboxylic acids is 1. The van der Waals surface area contributed by atoms with Gasteiger partial charge >= 0.3 is 0 Å². The Kier molecular flexibility index (Phi) is 4.89. The maximum atomic E-state index is 12.9. The summed E-state index contributed by atoms with van der Waals surface area (Å²) in [5, 5.41) is 0.268. The number of hydrogen-bond donors (Lipinski definition) is 0. The number of carbonyl (C=O) groups is 1. The molecule has 94 valence electrons. The molecule has 0 aromatic heterocycles. The lowest BCUT2D eigenvalue weighted by Gasteiger charge is -2.27. The minimum atomic E-state index is -2.91. The minimum Gasteiger partial charge on any atom is -0.474 e. The highest BCUT2D eigenvalue weighted by molar-refractivity contribution is 9.09. The Morgan fingerprint density at radius 3 is 2.41 bits per heavy atom. The first kappa shape index (κ1) is 14.4. The number of alkyl halides is 3. The van der Waals surface area contributed by atoms with Crippen molar-refractivity contribution in [1.29, 1.82) is 0 Å². The van der Waals surface area contributed by atoms with Crippen molar-refractivity contribution in [3.8, 4) is 5.75 Å². The van der Waals surface area contributed by atoms with Crippen LogP contribution in [0.2, 0.25) is 5.02 Å². The molecule has 0 heterocycles. The summed E-state index contributed by atoms with van der Waals surface area (Å²) in [6.07, 6.45) is -2.91. The normalized spacial score (nSPS) is 14.5. The summed E-state index contributed by atoms with van der Waals surface area (Å²) in [5.74, 6) is -0.547. The van der Waals surface area contributed by atoms with Crippen LogP contribution in [0.15, 0.2) is 24.3 Å². The van der Waals surface area contributed by atoms with Crippen molar-refractivity contribution in [2.24, 2.45) is 0 Å². The number of benzene rings is 1. The lowest BCUT2D eigenvalue weighted by molar-refractivity contribution is -0.143. The summed E-state index contributed by atoms with van der Waals surface area (Å²) in [7, 11) is 0. The molecule has 0 aliphatic heterocycles. The van der Waals surface area contributed by atoms with Gasteiger partial charge in [-0.15, -0.1) is 0 Å². The molecule has 17 heavy (non-hydrogen) atoms. The van der Waals surface area contributed by atoms with Crippen molar-refractivity contribution in [3.05, 3.63) is 29.3 Å². The highest BCUT2D eigenvalue weighted by atomic mass is 79.9. The van der Waals surface area contributed by atoms with E-state index in [2.05, 4.69) is 15.9 Å². The van der Waals surface area contributed by atoms with E-state index in [9.17, 15) is 13.6 Å². The largest absolute Gasteiger partial charge is 0.474 e. The van der Waals surface area contributed by atoms with Gasteiger partial charge in [-0.1, -0.05) is 27.5 Å². The molecule has 0 aliphatic rings. The van der Waals surface area contributed by atoms with Crippen LogP contribution >= 0.6 is 27.5 Å². The predicted octanol–water partition coefficient (Wildman–Crippen LogP) is 3.71. The fourth-order valence-corrected chi connectivity index (χ4v) is 1.79. The van der Waals surface area contributed by atoms with E-state index in [1.54, 1.807) is 0 Å². The Labute approximate surface area is 111 Å². The molecule has 1 aromatic rings. The van der Waals surface area contributed by atoms with Crippen molar-refractivity contribution < 1.29 is 18.3 Å².